The van der Waals surface area contributed by atoms with Gasteiger partial charge >= 0.3 is 0 Å². The third-order valence-electron chi connectivity index (χ3n) is 4.82. The van der Waals surface area contributed by atoms with Gasteiger partial charge in [-0.3, -0.25) is 9.59 Å². The highest BCUT2D eigenvalue weighted by molar-refractivity contribution is 6.05. The van der Waals surface area contributed by atoms with E-state index in [9.17, 15) is 9.59 Å². The van der Waals surface area contributed by atoms with Crippen LogP contribution in [0.4, 0.5) is 5.69 Å². The molecule has 6 heteroatoms. The summed E-state index contributed by atoms with van der Waals surface area (Å²) in [5.74, 6) is -0.303. The third kappa shape index (κ3) is 3.81. The van der Waals surface area contributed by atoms with E-state index in [1.807, 2.05) is 38.1 Å². The minimum absolute atomic E-state index is 0.0735. The van der Waals surface area contributed by atoms with Crippen molar-refractivity contribution in [1.29, 1.82) is 0 Å². The lowest BCUT2D eigenvalue weighted by Crippen LogP contribution is -2.25. The second-order valence-corrected chi connectivity index (χ2v) is 7.17. The average molecular weight is 374 g/mol. The summed E-state index contributed by atoms with van der Waals surface area (Å²) in [6, 6.07) is 15.2. The average Bonchev–Trinajstić information content (AvgIpc) is 3.41. The van der Waals surface area contributed by atoms with Crippen LogP contribution in [-0.2, 0) is 0 Å². The van der Waals surface area contributed by atoms with Crippen LogP contribution in [0, 0.1) is 13.8 Å². The highest BCUT2D eigenvalue weighted by atomic mass is 16.2. The molecule has 0 aliphatic heterocycles. The molecule has 2 amide bonds. The van der Waals surface area contributed by atoms with Crippen molar-refractivity contribution in [1.82, 2.24) is 15.1 Å². The van der Waals surface area contributed by atoms with E-state index in [0.717, 1.165) is 29.8 Å². The molecule has 6 nitrogen and oxygen atoms in total. The molecule has 28 heavy (non-hydrogen) atoms. The van der Waals surface area contributed by atoms with Crippen molar-refractivity contribution in [3.05, 3.63) is 77.1 Å². The first-order valence-electron chi connectivity index (χ1n) is 9.35. The lowest BCUT2D eigenvalue weighted by Gasteiger charge is -2.08. The lowest BCUT2D eigenvalue weighted by molar-refractivity contribution is 0.0950. The maximum atomic E-state index is 12.7. The van der Waals surface area contributed by atoms with Crippen LogP contribution < -0.4 is 10.6 Å². The van der Waals surface area contributed by atoms with Crippen LogP contribution in [0.3, 0.4) is 0 Å². The van der Waals surface area contributed by atoms with Crippen LogP contribution in [0.25, 0.3) is 5.69 Å². The van der Waals surface area contributed by atoms with Crippen molar-refractivity contribution in [2.75, 3.05) is 5.32 Å². The van der Waals surface area contributed by atoms with E-state index >= 15 is 0 Å². The molecule has 1 heterocycles. The molecule has 1 fully saturated rings. The number of carbonyl (C=O) groups excluding carboxylic acids is 2. The number of hydrogen-bond donors (Lipinski definition) is 2. The maximum Gasteiger partial charge on any atom is 0.259 e. The first-order valence-corrected chi connectivity index (χ1v) is 9.35. The van der Waals surface area contributed by atoms with Gasteiger partial charge in [-0.05, 0) is 68.7 Å². The van der Waals surface area contributed by atoms with E-state index < -0.39 is 0 Å². The Balaban J connectivity index is 1.47. The maximum absolute atomic E-state index is 12.7. The van der Waals surface area contributed by atoms with Gasteiger partial charge in [-0.15, -0.1) is 0 Å². The van der Waals surface area contributed by atoms with Crippen LogP contribution >= 0.6 is 0 Å². The Labute approximate surface area is 163 Å². The molecule has 0 unspecified atom stereocenters. The Bertz CT molecular complexity index is 1030. The largest absolute Gasteiger partial charge is 0.349 e. The van der Waals surface area contributed by atoms with Gasteiger partial charge in [-0.25, -0.2) is 4.68 Å². The molecule has 0 saturated heterocycles. The number of nitrogens with one attached hydrogen (secondary N) is 2. The number of hydrogen-bond acceptors (Lipinski definition) is 3. The number of aromatic nitrogens is 2. The zero-order valence-corrected chi connectivity index (χ0v) is 15.9. The highest BCUT2D eigenvalue weighted by Crippen LogP contribution is 2.20. The molecule has 0 spiro atoms. The van der Waals surface area contributed by atoms with E-state index in [0.29, 0.717) is 22.9 Å². The molecule has 0 atom stereocenters. The van der Waals surface area contributed by atoms with E-state index in [-0.39, 0.29) is 11.8 Å². The third-order valence-corrected chi connectivity index (χ3v) is 4.82. The summed E-state index contributed by atoms with van der Waals surface area (Å²) in [6.45, 7) is 3.89. The predicted molar refractivity (Wildman–Crippen MR) is 108 cm³/mol. The number of carbonyl (C=O) groups is 2. The molecule has 2 N–H and O–H groups in total. The van der Waals surface area contributed by atoms with Crippen LogP contribution in [0.2, 0.25) is 0 Å². The number of anilines is 1. The van der Waals surface area contributed by atoms with Gasteiger partial charge in [0.25, 0.3) is 11.8 Å². The van der Waals surface area contributed by atoms with Gasteiger partial charge in [0.05, 0.1) is 23.1 Å². The topological polar surface area (TPSA) is 76.0 Å². The Morgan fingerprint density at radius 1 is 1.04 bits per heavy atom. The molecule has 0 bridgehead atoms. The van der Waals surface area contributed by atoms with Crippen LogP contribution in [-0.4, -0.2) is 27.6 Å². The second-order valence-electron chi connectivity index (χ2n) is 7.17. The Morgan fingerprint density at radius 2 is 1.79 bits per heavy atom. The van der Waals surface area contributed by atoms with Crippen molar-refractivity contribution >= 4 is 17.5 Å². The molecule has 142 valence electrons. The molecular formula is C22H22N4O2. The van der Waals surface area contributed by atoms with Gasteiger partial charge in [0.1, 0.15) is 0 Å². The molecule has 1 aliphatic rings. The Hall–Kier alpha value is -3.41. The fourth-order valence-corrected chi connectivity index (χ4v) is 3.05. The van der Waals surface area contributed by atoms with E-state index in [1.54, 1.807) is 35.1 Å². The number of amides is 2. The zero-order chi connectivity index (χ0) is 19.7. The van der Waals surface area contributed by atoms with Gasteiger partial charge < -0.3 is 10.6 Å². The van der Waals surface area contributed by atoms with E-state index in [1.165, 1.54) is 0 Å². The minimum Gasteiger partial charge on any atom is -0.349 e. The molecular weight excluding hydrogens is 352 g/mol. The van der Waals surface area contributed by atoms with Crippen LogP contribution in [0.1, 0.15) is 44.8 Å². The van der Waals surface area contributed by atoms with Crippen LogP contribution in [0.15, 0.2) is 54.7 Å². The Kier molecular flexibility index (Phi) is 4.69. The summed E-state index contributed by atoms with van der Waals surface area (Å²) in [7, 11) is 0. The first-order chi connectivity index (χ1) is 13.5. The Morgan fingerprint density at radius 3 is 2.46 bits per heavy atom. The summed E-state index contributed by atoms with van der Waals surface area (Å²) in [5.41, 5.74) is 4.55. The normalized spacial score (nSPS) is 13.2. The predicted octanol–water partition coefficient (Wildman–Crippen LogP) is 3.63. The highest BCUT2D eigenvalue weighted by Gasteiger charge is 2.23. The van der Waals surface area contributed by atoms with Crippen LogP contribution in [0.5, 0.6) is 0 Å². The molecule has 1 aromatic heterocycles. The number of nitrogens with zero attached hydrogens (tertiary/aromatic N) is 2. The molecule has 0 radical (unpaired) electrons. The van der Waals surface area contributed by atoms with E-state index in [2.05, 4.69) is 15.7 Å². The van der Waals surface area contributed by atoms with Gasteiger partial charge in [-0.2, -0.15) is 5.10 Å². The van der Waals surface area contributed by atoms with Crippen molar-refractivity contribution in [3.63, 3.8) is 0 Å². The summed E-state index contributed by atoms with van der Waals surface area (Å²) in [6.07, 6.45) is 3.68. The smallest absolute Gasteiger partial charge is 0.259 e. The van der Waals surface area contributed by atoms with Crippen molar-refractivity contribution in [2.24, 2.45) is 0 Å². The van der Waals surface area contributed by atoms with E-state index in [4.69, 9.17) is 0 Å². The summed E-state index contributed by atoms with van der Waals surface area (Å²) in [5, 5.41) is 10.2. The number of aryl methyl sites for hydroxylation is 1. The first kappa shape index (κ1) is 18.0. The van der Waals surface area contributed by atoms with Gasteiger partial charge in [0, 0.05) is 17.3 Å². The molecule has 3 aromatic rings. The fraction of sp³-hybridized carbons (Fsp3) is 0.227. The molecule has 2 aromatic carbocycles. The summed E-state index contributed by atoms with van der Waals surface area (Å²) >= 11 is 0. The fourth-order valence-electron chi connectivity index (χ4n) is 3.05. The number of benzene rings is 2. The van der Waals surface area contributed by atoms with Crippen molar-refractivity contribution in [2.45, 2.75) is 32.7 Å². The monoisotopic (exact) mass is 374 g/mol. The standard InChI is InChI=1S/C22H22N4O2/c1-14-4-3-5-19(12-14)26-15(2)20(13-23-26)22(28)25-17-8-6-16(7-9-17)21(27)24-18-10-11-18/h3-9,12-13,18H,10-11H2,1-2H3,(H,24,27)(H,25,28). The number of rotatable bonds is 5. The zero-order valence-electron chi connectivity index (χ0n) is 15.9. The SMILES string of the molecule is Cc1cccc(-n2ncc(C(=O)Nc3ccc(C(=O)NC4CC4)cc3)c2C)c1. The summed E-state index contributed by atoms with van der Waals surface area (Å²) in [4.78, 5) is 24.7. The van der Waals surface area contributed by atoms with Crippen molar-refractivity contribution < 1.29 is 9.59 Å². The van der Waals surface area contributed by atoms with Gasteiger partial charge in [0.15, 0.2) is 0 Å². The van der Waals surface area contributed by atoms with Gasteiger partial charge in [0.2, 0.25) is 0 Å². The molecule has 1 aliphatic carbocycles. The molecule has 1 saturated carbocycles. The molecule has 4 rings (SSSR count). The second kappa shape index (κ2) is 7.31. The van der Waals surface area contributed by atoms with Crippen molar-refractivity contribution in [3.8, 4) is 5.69 Å². The lowest BCUT2D eigenvalue weighted by atomic mass is 10.1. The summed E-state index contributed by atoms with van der Waals surface area (Å²) < 4.78 is 1.76. The van der Waals surface area contributed by atoms with Gasteiger partial charge in [-0.1, -0.05) is 12.1 Å². The minimum atomic E-state index is -0.230. The quantitative estimate of drug-likeness (QED) is 0.716.